The Morgan fingerprint density at radius 2 is 2.14 bits per heavy atom. The van der Waals surface area contributed by atoms with Crippen LogP contribution in [0, 0.1) is 11.8 Å². The summed E-state index contributed by atoms with van der Waals surface area (Å²) >= 11 is 0. The van der Waals surface area contributed by atoms with Crippen LogP contribution < -0.4 is 0 Å². The van der Waals surface area contributed by atoms with Crippen LogP contribution in [0.3, 0.4) is 0 Å². The van der Waals surface area contributed by atoms with Gasteiger partial charge in [0, 0.05) is 41.7 Å². The van der Waals surface area contributed by atoms with E-state index in [2.05, 4.69) is 4.98 Å². The first-order valence-electron chi connectivity index (χ1n) is 7.77. The van der Waals surface area contributed by atoms with Crippen molar-refractivity contribution < 1.29 is 9.90 Å². The highest BCUT2D eigenvalue weighted by Crippen LogP contribution is 2.36. The number of aromatic nitrogens is 1. The van der Waals surface area contributed by atoms with E-state index >= 15 is 0 Å². The van der Waals surface area contributed by atoms with Crippen molar-refractivity contribution in [3.8, 4) is 0 Å². The Morgan fingerprint density at radius 1 is 1.24 bits per heavy atom. The molecule has 0 bridgehead atoms. The van der Waals surface area contributed by atoms with Gasteiger partial charge in [-0.2, -0.15) is 0 Å². The fourth-order valence-electron chi connectivity index (χ4n) is 3.98. The second-order valence-corrected chi connectivity index (χ2v) is 6.41. The van der Waals surface area contributed by atoms with Crippen LogP contribution in [0.15, 0.2) is 30.5 Å². The third-order valence-corrected chi connectivity index (χ3v) is 5.15. The summed E-state index contributed by atoms with van der Waals surface area (Å²) in [5, 5.41) is 11.2. The van der Waals surface area contributed by atoms with E-state index in [1.54, 1.807) is 0 Å². The summed E-state index contributed by atoms with van der Waals surface area (Å²) in [6.07, 6.45) is 4.77. The normalized spacial score (nSPS) is 28.8. The number of carbonyl (C=O) groups is 1. The number of carbonyl (C=O) groups excluding carboxylic acids is 1. The monoisotopic (exact) mass is 284 g/mol. The Hall–Kier alpha value is -1.81. The summed E-state index contributed by atoms with van der Waals surface area (Å²) in [6.45, 7) is 1.50. The average molecular weight is 284 g/mol. The van der Waals surface area contributed by atoms with Crippen LogP contribution in [-0.4, -0.2) is 40.1 Å². The molecule has 0 radical (unpaired) electrons. The van der Waals surface area contributed by atoms with Gasteiger partial charge in [-0.15, -0.1) is 0 Å². The van der Waals surface area contributed by atoms with Crippen LogP contribution >= 0.6 is 0 Å². The highest BCUT2D eigenvalue weighted by molar-refractivity contribution is 5.98. The summed E-state index contributed by atoms with van der Waals surface area (Å²) in [7, 11) is 0. The van der Waals surface area contributed by atoms with E-state index in [9.17, 15) is 9.90 Å². The van der Waals surface area contributed by atoms with E-state index in [1.165, 1.54) is 0 Å². The molecule has 4 heteroatoms. The molecule has 0 unspecified atom stereocenters. The van der Waals surface area contributed by atoms with Gasteiger partial charge in [-0.3, -0.25) is 4.79 Å². The first-order valence-corrected chi connectivity index (χ1v) is 7.77. The van der Waals surface area contributed by atoms with E-state index in [-0.39, 0.29) is 17.9 Å². The second-order valence-electron chi connectivity index (χ2n) is 6.41. The van der Waals surface area contributed by atoms with Gasteiger partial charge in [-0.25, -0.2) is 0 Å². The molecule has 21 heavy (non-hydrogen) atoms. The highest BCUT2D eigenvalue weighted by atomic mass is 16.3. The van der Waals surface area contributed by atoms with E-state index in [4.69, 9.17) is 0 Å². The number of nitrogens with zero attached hydrogens (tertiary/aromatic N) is 1. The summed E-state index contributed by atoms with van der Waals surface area (Å²) in [5.41, 5.74) is 1.80. The molecule has 2 fully saturated rings. The van der Waals surface area contributed by atoms with Gasteiger partial charge in [0.05, 0.1) is 6.10 Å². The van der Waals surface area contributed by atoms with Crippen molar-refractivity contribution >= 4 is 16.8 Å². The minimum Gasteiger partial charge on any atom is -0.393 e. The molecule has 2 N–H and O–H groups in total. The van der Waals surface area contributed by atoms with Gasteiger partial charge in [-0.05, 0) is 43.0 Å². The Bertz CT molecular complexity index is 678. The van der Waals surface area contributed by atoms with Crippen LogP contribution in [0.5, 0.6) is 0 Å². The predicted octanol–water partition coefficient (Wildman–Crippen LogP) is 2.40. The molecule has 1 amide bonds. The second kappa shape index (κ2) is 4.88. The molecule has 0 spiro atoms. The zero-order chi connectivity index (χ0) is 14.4. The molecule has 1 saturated carbocycles. The lowest BCUT2D eigenvalue weighted by Gasteiger charge is -2.28. The minimum absolute atomic E-state index is 0.0969. The Morgan fingerprint density at radius 3 is 3.00 bits per heavy atom. The zero-order valence-electron chi connectivity index (χ0n) is 12.0. The molecule has 110 valence electrons. The lowest BCUT2D eigenvalue weighted by molar-refractivity contribution is 0.0539. The number of aliphatic hydroxyl groups excluding tert-OH is 1. The molecule has 1 aliphatic carbocycles. The molecule has 3 atom stereocenters. The fraction of sp³-hybridized carbons (Fsp3) is 0.471. The van der Waals surface area contributed by atoms with Gasteiger partial charge in [-0.1, -0.05) is 6.42 Å². The lowest BCUT2D eigenvalue weighted by atomic mass is 9.80. The summed E-state index contributed by atoms with van der Waals surface area (Å²) < 4.78 is 0. The third-order valence-electron chi connectivity index (χ3n) is 5.15. The van der Waals surface area contributed by atoms with Gasteiger partial charge in [0.1, 0.15) is 0 Å². The van der Waals surface area contributed by atoms with E-state index in [1.807, 2.05) is 35.4 Å². The number of H-pyrrole nitrogens is 1. The number of hydrogen-bond donors (Lipinski definition) is 2. The van der Waals surface area contributed by atoms with Crippen LogP contribution in [0.4, 0.5) is 0 Å². The first kappa shape index (κ1) is 12.9. The van der Waals surface area contributed by atoms with Crippen molar-refractivity contribution in [3.05, 3.63) is 36.0 Å². The number of likely N-dealkylation sites (tertiary alicyclic amines) is 1. The number of aliphatic hydroxyl groups is 1. The molecular formula is C17H20N2O2. The van der Waals surface area contributed by atoms with Crippen molar-refractivity contribution in [2.75, 3.05) is 13.1 Å². The third kappa shape index (κ3) is 2.14. The van der Waals surface area contributed by atoms with Crippen molar-refractivity contribution in [2.24, 2.45) is 11.8 Å². The summed E-state index contributed by atoms with van der Waals surface area (Å²) in [5.74, 6) is 0.854. The van der Waals surface area contributed by atoms with Crippen LogP contribution in [-0.2, 0) is 0 Å². The smallest absolute Gasteiger partial charge is 0.253 e. The largest absolute Gasteiger partial charge is 0.393 e. The van der Waals surface area contributed by atoms with E-state index in [0.717, 1.165) is 42.3 Å². The van der Waals surface area contributed by atoms with Gasteiger partial charge in [0.15, 0.2) is 0 Å². The number of hydrogen-bond acceptors (Lipinski definition) is 2. The SMILES string of the molecule is O=C(c1ccc2[nH]ccc2c1)N1C[C@H]2CCC[C@@H](O)[C@H]2C1. The van der Waals surface area contributed by atoms with E-state index < -0.39 is 0 Å². The van der Waals surface area contributed by atoms with Crippen molar-refractivity contribution in [1.82, 2.24) is 9.88 Å². The van der Waals surface area contributed by atoms with Gasteiger partial charge in [0.2, 0.25) is 0 Å². The maximum Gasteiger partial charge on any atom is 0.253 e. The molecule has 4 nitrogen and oxygen atoms in total. The van der Waals surface area contributed by atoms with Crippen LogP contribution in [0.2, 0.25) is 0 Å². The topological polar surface area (TPSA) is 56.3 Å². The number of amides is 1. The summed E-state index contributed by atoms with van der Waals surface area (Å²) in [6, 6.07) is 7.78. The maximum absolute atomic E-state index is 12.7. The highest BCUT2D eigenvalue weighted by Gasteiger charge is 2.41. The van der Waals surface area contributed by atoms with Crippen LogP contribution in [0.25, 0.3) is 10.9 Å². The Balaban J connectivity index is 1.57. The molecule has 2 heterocycles. The molecule has 4 rings (SSSR count). The van der Waals surface area contributed by atoms with Crippen molar-refractivity contribution in [1.29, 1.82) is 0 Å². The molecule has 2 aromatic rings. The number of fused-ring (bicyclic) bond motifs is 2. The Kier molecular flexibility index (Phi) is 3.00. The Labute approximate surface area is 123 Å². The maximum atomic E-state index is 12.7. The molecule has 1 aliphatic heterocycles. The van der Waals surface area contributed by atoms with Crippen molar-refractivity contribution in [3.63, 3.8) is 0 Å². The number of nitrogens with one attached hydrogen (secondary N) is 1. The van der Waals surface area contributed by atoms with Gasteiger partial charge < -0.3 is 15.0 Å². The van der Waals surface area contributed by atoms with Gasteiger partial charge in [0.25, 0.3) is 5.91 Å². The van der Waals surface area contributed by atoms with E-state index in [0.29, 0.717) is 12.5 Å². The fourth-order valence-corrected chi connectivity index (χ4v) is 3.98. The van der Waals surface area contributed by atoms with Crippen molar-refractivity contribution in [2.45, 2.75) is 25.4 Å². The summed E-state index contributed by atoms with van der Waals surface area (Å²) in [4.78, 5) is 17.8. The minimum atomic E-state index is -0.228. The molecule has 1 saturated heterocycles. The first-order chi connectivity index (χ1) is 10.2. The average Bonchev–Trinajstić information content (AvgIpc) is 3.12. The quantitative estimate of drug-likeness (QED) is 0.845. The standard InChI is InChI=1S/C17H20N2O2/c20-16-3-1-2-13-9-19(10-14(13)16)17(21)12-4-5-15-11(8-12)6-7-18-15/h4-8,13-14,16,18,20H,1-3,9-10H2/t13-,14+,16-/m1/s1. The predicted molar refractivity (Wildman–Crippen MR) is 81.0 cm³/mol. The number of rotatable bonds is 1. The molecule has 1 aromatic carbocycles. The number of aromatic amines is 1. The zero-order valence-corrected chi connectivity index (χ0v) is 12.0. The van der Waals surface area contributed by atoms with Gasteiger partial charge >= 0.3 is 0 Å². The molecular weight excluding hydrogens is 264 g/mol. The number of benzene rings is 1. The van der Waals surface area contributed by atoms with Crippen LogP contribution in [0.1, 0.15) is 29.6 Å². The molecule has 1 aromatic heterocycles. The lowest BCUT2D eigenvalue weighted by Crippen LogP contribution is -2.32. The molecule has 2 aliphatic rings.